The number of fused-ring (bicyclic) bond motifs is 3. The molecule has 0 saturated carbocycles. The Balaban J connectivity index is 1.74. The van der Waals surface area contributed by atoms with Crippen molar-refractivity contribution in [2.24, 2.45) is 0 Å². The molecule has 2 aromatic heterocycles. The van der Waals surface area contributed by atoms with Crippen LogP contribution in [0, 0.1) is 0 Å². The number of para-hydroxylation sites is 4. The van der Waals surface area contributed by atoms with E-state index in [1.807, 2.05) is 78.9 Å². The van der Waals surface area contributed by atoms with Crippen molar-refractivity contribution >= 4 is 39.3 Å². The molecule has 0 unspecified atom stereocenters. The number of rotatable bonds is 3. The van der Waals surface area contributed by atoms with Gasteiger partial charge in [0.1, 0.15) is 11.0 Å². The first-order valence-electron chi connectivity index (χ1n) is 9.54. The Hall–Kier alpha value is -4.25. The Morgan fingerprint density at radius 2 is 1.30 bits per heavy atom. The highest BCUT2D eigenvalue weighted by Crippen LogP contribution is 2.40. The molecule has 0 N–H and O–H groups in total. The van der Waals surface area contributed by atoms with Crippen LogP contribution >= 0.6 is 0 Å². The number of oxazole rings is 2. The smallest absolute Gasteiger partial charge is 0.228 e. The largest absolute Gasteiger partial charge is 0.436 e. The molecule has 6 aromatic rings. The molecular weight excluding hydrogens is 376 g/mol. The number of aromatic nitrogens is 2. The van der Waals surface area contributed by atoms with Crippen LogP contribution in [0.1, 0.15) is 10.4 Å². The molecule has 0 atom stereocenters. The van der Waals surface area contributed by atoms with Crippen LogP contribution in [0.25, 0.3) is 55.9 Å². The lowest BCUT2D eigenvalue weighted by Gasteiger charge is -2.10. The van der Waals surface area contributed by atoms with Crippen LogP contribution < -0.4 is 0 Å². The minimum Gasteiger partial charge on any atom is -0.436 e. The summed E-state index contributed by atoms with van der Waals surface area (Å²) in [6.07, 6.45) is 0.846. The van der Waals surface area contributed by atoms with Crippen LogP contribution in [0.2, 0.25) is 0 Å². The second-order valence-corrected chi connectivity index (χ2v) is 7.03. The fourth-order valence-corrected chi connectivity index (χ4v) is 3.86. The molecule has 0 spiro atoms. The molecule has 0 amide bonds. The van der Waals surface area contributed by atoms with E-state index in [2.05, 4.69) is 9.97 Å². The van der Waals surface area contributed by atoms with Crippen molar-refractivity contribution in [3.05, 3.63) is 84.4 Å². The SMILES string of the molecule is O=Cc1c(-c2nc3ccccc3o2)c(-c2nc3ccccc3o2)cc2ccccc12. The molecule has 4 aromatic carbocycles. The normalized spacial score (nSPS) is 11.5. The van der Waals surface area contributed by atoms with Gasteiger partial charge in [0.15, 0.2) is 17.5 Å². The van der Waals surface area contributed by atoms with E-state index >= 15 is 0 Å². The molecule has 30 heavy (non-hydrogen) atoms. The van der Waals surface area contributed by atoms with Gasteiger partial charge in [-0.2, -0.15) is 0 Å². The molecule has 0 aliphatic carbocycles. The maximum atomic E-state index is 12.3. The molecule has 6 rings (SSSR count). The molecule has 0 radical (unpaired) electrons. The Bertz CT molecular complexity index is 1510. The molecule has 2 heterocycles. The first-order chi connectivity index (χ1) is 14.8. The van der Waals surface area contributed by atoms with Gasteiger partial charge in [-0.3, -0.25) is 4.79 Å². The minimum absolute atomic E-state index is 0.362. The number of carbonyl (C=O) groups excluding carboxylic acids is 1. The fraction of sp³-hybridized carbons (Fsp3) is 0. The third-order valence-corrected chi connectivity index (χ3v) is 5.24. The van der Waals surface area contributed by atoms with Crippen molar-refractivity contribution in [3.63, 3.8) is 0 Å². The predicted octanol–water partition coefficient (Wildman–Crippen LogP) is 6.27. The highest BCUT2D eigenvalue weighted by molar-refractivity contribution is 6.08. The average Bonchev–Trinajstić information content (AvgIpc) is 3.41. The average molecular weight is 390 g/mol. The van der Waals surface area contributed by atoms with Crippen LogP contribution in [-0.4, -0.2) is 16.3 Å². The van der Waals surface area contributed by atoms with Gasteiger partial charge in [0.25, 0.3) is 0 Å². The van der Waals surface area contributed by atoms with Crippen LogP contribution in [0.4, 0.5) is 0 Å². The number of hydrogen-bond acceptors (Lipinski definition) is 5. The van der Waals surface area contributed by atoms with Gasteiger partial charge in [-0.05, 0) is 41.1 Å². The van der Waals surface area contributed by atoms with E-state index in [1.165, 1.54) is 0 Å². The van der Waals surface area contributed by atoms with Gasteiger partial charge in [-0.25, -0.2) is 9.97 Å². The zero-order valence-corrected chi connectivity index (χ0v) is 15.7. The highest BCUT2D eigenvalue weighted by atomic mass is 16.4. The Kier molecular flexibility index (Phi) is 3.55. The first kappa shape index (κ1) is 16.7. The summed E-state index contributed by atoms with van der Waals surface area (Å²) in [6.45, 7) is 0. The molecule has 5 nitrogen and oxygen atoms in total. The number of nitrogens with zero attached hydrogens (tertiary/aromatic N) is 2. The topological polar surface area (TPSA) is 69.1 Å². The van der Waals surface area contributed by atoms with Crippen molar-refractivity contribution in [2.75, 3.05) is 0 Å². The summed E-state index contributed by atoms with van der Waals surface area (Å²) in [5, 5.41) is 1.74. The van der Waals surface area contributed by atoms with Gasteiger partial charge in [-0.15, -0.1) is 0 Å². The van der Waals surface area contributed by atoms with Gasteiger partial charge in [0.2, 0.25) is 11.8 Å². The summed E-state index contributed by atoms with van der Waals surface area (Å²) in [5.74, 6) is 0.781. The van der Waals surface area contributed by atoms with E-state index in [-0.39, 0.29) is 0 Å². The number of aldehydes is 1. The number of hydrogen-bond donors (Lipinski definition) is 0. The van der Waals surface area contributed by atoms with Crippen molar-refractivity contribution in [2.45, 2.75) is 0 Å². The van der Waals surface area contributed by atoms with Crippen molar-refractivity contribution < 1.29 is 13.6 Å². The summed E-state index contributed by atoms with van der Waals surface area (Å²) in [6, 6.07) is 24.8. The second-order valence-electron chi connectivity index (χ2n) is 7.03. The van der Waals surface area contributed by atoms with E-state index in [0.29, 0.717) is 39.6 Å². The molecule has 0 aliphatic rings. The maximum absolute atomic E-state index is 12.3. The quantitative estimate of drug-likeness (QED) is 0.333. The molecular formula is C25H14N2O3. The van der Waals surface area contributed by atoms with E-state index in [9.17, 15) is 4.79 Å². The highest BCUT2D eigenvalue weighted by Gasteiger charge is 2.23. The third kappa shape index (κ3) is 2.46. The molecule has 5 heteroatoms. The van der Waals surface area contributed by atoms with Gasteiger partial charge in [0.05, 0.1) is 11.1 Å². The standard InChI is InChI=1S/C25H14N2O3/c28-14-18-16-8-2-1-7-15(16)13-17(24-26-19-9-3-5-11-21(19)29-24)23(18)25-27-20-10-4-6-12-22(20)30-25/h1-14H. The molecule has 0 bridgehead atoms. The van der Waals surface area contributed by atoms with Crippen molar-refractivity contribution in [3.8, 4) is 22.9 Å². The molecule has 142 valence electrons. The summed E-state index contributed by atoms with van der Waals surface area (Å²) in [7, 11) is 0. The zero-order valence-electron chi connectivity index (χ0n) is 15.7. The monoisotopic (exact) mass is 390 g/mol. The van der Waals surface area contributed by atoms with E-state index in [0.717, 1.165) is 28.1 Å². The summed E-state index contributed by atoms with van der Waals surface area (Å²) >= 11 is 0. The molecule has 0 saturated heterocycles. The van der Waals surface area contributed by atoms with Gasteiger partial charge >= 0.3 is 0 Å². The Morgan fingerprint density at radius 3 is 2.00 bits per heavy atom. The van der Waals surface area contributed by atoms with Gasteiger partial charge in [0, 0.05) is 5.56 Å². The summed E-state index contributed by atoms with van der Waals surface area (Å²) in [5.41, 5.74) is 4.54. The second kappa shape index (κ2) is 6.39. The fourth-order valence-electron chi connectivity index (χ4n) is 3.86. The number of carbonyl (C=O) groups is 1. The minimum atomic E-state index is 0.362. The molecule has 0 aliphatic heterocycles. The lowest BCUT2D eigenvalue weighted by molar-refractivity contribution is 0.112. The number of benzene rings is 4. The van der Waals surface area contributed by atoms with E-state index in [4.69, 9.17) is 8.83 Å². The van der Waals surface area contributed by atoms with Crippen molar-refractivity contribution in [1.29, 1.82) is 0 Å². The van der Waals surface area contributed by atoms with E-state index < -0.39 is 0 Å². The van der Waals surface area contributed by atoms with Crippen LogP contribution in [0.5, 0.6) is 0 Å². The van der Waals surface area contributed by atoms with Crippen molar-refractivity contribution in [1.82, 2.24) is 9.97 Å². The Morgan fingerprint density at radius 1 is 0.700 bits per heavy atom. The summed E-state index contributed by atoms with van der Waals surface area (Å²) < 4.78 is 12.1. The van der Waals surface area contributed by atoms with E-state index in [1.54, 1.807) is 0 Å². The lowest BCUT2D eigenvalue weighted by Crippen LogP contribution is -1.95. The van der Waals surface area contributed by atoms with Crippen LogP contribution in [0.3, 0.4) is 0 Å². The predicted molar refractivity (Wildman–Crippen MR) is 115 cm³/mol. The van der Waals surface area contributed by atoms with Crippen LogP contribution in [0.15, 0.2) is 87.7 Å². The zero-order chi connectivity index (χ0) is 20.1. The maximum Gasteiger partial charge on any atom is 0.228 e. The Labute approximate surface area is 170 Å². The molecule has 0 fully saturated rings. The lowest BCUT2D eigenvalue weighted by atomic mass is 9.94. The third-order valence-electron chi connectivity index (χ3n) is 5.24. The van der Waals surface area contributed by atoms with Gasteiger partial charge < -0.3 is 8.83 Å². The van der Waals surface area contributed by atoms with Crippen LogP contribution in [-0.2, 0) is 0 Å². The first-order valence-corrected chi connectivity index (χ1v) is 9.54. The van der Waals surface area contributed by atoms with Gasteiger partial charge in [-0.1, -0.05) is 48.5 Å². The summed E-state index contributed by atoms with van der Waals surface area (Å²) in [4.78, 5) is 21.6.